The summed E-state index contributed by atoms with van der Waals surface area (Å²) in [6, 6.07) is 0. The Morgan fingerprint density at radius 2 is 1.47 bits per heavy atom. The van der Waals surface area contributed by atoms with Gasteiger partial charge in [0.05, 0.1) is 6.61 Å². The van der Waals surface area contributed by atoms with Crippen molar-refractivity contribution >= 4 is 31.7 Å². The first-order valence-corrected chi connectivity index (χ1v) is 9.04. The molecule has 0 fully saturated rings. The van der Waals surface area contributed by atoms with E-state index in [-0.39, 0.29) is 66.6 Å². The first-order valence-electron chi connectivity index (χ1n) is 4.61. The Morgan fingerprint density at radius 1 is 1.00 bits per heavy atom. The van der Waals surface area contributed by atoms with Crippen LogP contribution in [0.15, 0.2) is 0 Å². The normalized spacial score (nSPS) is 13.8. The maximum atomic E-state index is 10.3. The molecular formula is C6H14NaO9S3+. The van der Waals surface area contributed by atoms with Gasteiger partial charge in [0.2, 0.25) is 10.4 Å². The predicted octanol–water partition coefficient (Wildman–Crippen LogP) is -5.10. The fraction of sp³-hybridized carbons (Fsp3) is 1.00. The van der Waals surface area contributed by atoms with Gasteiger partial charge < -0.3 is 9.66 Å². The molecule has 0 rings (SSSR count). The quantitative estimate of drug-likeness (QED) is 0.171. The third-order valence-electron chi connectivity index (χ3n) is 1.58. The smallest absolute Gasteiger partial charge is 0.726 e. The topological polar surface area (TPSA) is 150 Å². The van der Waals surface area contributed by atoms with Crippen molar-refractivity contribution in [1.29, 1.82) is 0 Å². The van der Waals surface area contributed by atoms with E-state index in [9.17, 15) is 21.4 Å². The first kappa shape index (κ1) is 22.3. The summed E-state index contributed by atoms with van der Waals surface area (Å²) in [5.74, 6) is 0.635. The van der Waals surface area contributed by atoms with Crippen molar-refractivity contribution in [2.45, 2.75) is 0 Å². The van der Waals surface area contributed by atoms with E-state index in [1.54, 1.807) is 0 Å². The molecule has 0 aliphatic rings. The number of hydrogen-bond acceptors (Lipinski definition) is 8. The minimum atomic E-state index is -4.75. The van der Waals surface area contributed by atoms with Gasteiger partial charge in [0.1, 0.15) is 30.5 Å². The summed E-state index contributed by atoms with van der Waals surface area (Å²) in [4.78, 5) is 0. The summed E-state index contributed by atoms with van der Waals surface area (Å²) in [6.45, 7) is -0.827. The van der Waals surface area contributed by atoms with Crippen molar-refractivity contribution in [2.75, 3.05) is 37.1 Å². The molecule has 2 N–H and O–H groups in total. The summed E-state index contributed by atoms with van der Waals surface area (Å²) in [5.41, 5.74) is 0. The predicted molar refractivity (Wildman–Crippen MR) is 62.2 cm³/mol. The van der Waals surface area contributed by atoms with E-state index in [1.165, 1.54) is 0 Å². The van der Waals surface area contributed by atoms with Gasteiger partial charge >= 0.3 is 40.0 Å². The second kappa shape index (κ2) is 10.7. The third kappa shape index (κ3) is 17.0. The Morgan fingerprint density at radius 3 is 1.84 bits per heavy atom. The van der Waals surface area contributed by atoms with Crippen LogP contribution in [0.5, 0.6) is 0 Å². The maximum Gasteiger partial charge on any atom is 1.00 e. The van der Waals surface area contributed by atoms with Gasteiger partial charge in [0, 0.05) is 0 Å². The Kier molecular flexibility index (Phi) is 12.6. The van der Waals surface area contributed by atoms with E-state index in [0.29, 0.717) is 0 Å². The largest absolute Gasteiger partial charge is 1.00 e. The SMILES string of the molecule is O=S(=O)([O-])OCC[S+](CCO)CCOS(=O)(=O)O.[Na+]. The van der Waals surface area contributed by atoms with Crippen LogP contribution in [0.25, 0.3) is 0 Å². The monoisotopic (exact) mass is 349 g/mol. The van der Waals surface area contributed by atoms with Crippen LogP contribution in [0.4, 0.5) is 0 Å². The fourth-order valence-corrected chi connectivity index (χ4v) is 3.25. The zero-order chi connectivity index (χ0) is 14.2. The molecule has 13 heteroatoms. The molecule has 1 atom stereocenters. The van der Waals surface area contributed by atoms with E-state index in [4.69, 9.17) is 9.66 Å². The number of hydrogen-bond donors (Lipinski definition) is 2. The van der Waals surface area contributed by atoms with Gasteiger partial charge in [0.15, 0.2) is 0 Å². The van der Waals surface area contributed by atoms with Gasteiger partial charge in [-0.05, 0) is 10.9 Å². The van der Waals surface area contributed by atoms with Crippen molar-refractivity contribution in [3.63, 3.8) is 0 Å². The number of aliphatic hydroxyl groups is 1. The molecular weight excluding hydrogens is 335 g/mol. The molecule has 0 radical (unpaired) electrons. The molecule has 0 aliphatic carbocycles. The van der Waals surface area contributed by atoms with Gasteiger partial charge in [-0.1, -0.05) is 0 Å². The summed E-state index contributed by atoms with van der Waals surface area (Å²) in [7, 11) is -9.84. The molecule has 0 spiro atoms. The van der Waals surface area contributed by atoms with E-state index in [2.05, 4.69) is 8.37 Å². The standard InChI is InChI=1S/C6H14O9S3.Na/c7-1-4-16(5-2-14-17(8,9)10)6-3-15-18(11,12)13;/h7H,1-6H2,(H-,8,9,10,11,12,13);/q;+1. The molecule has 0 amide bonds. The van der Waals surface area contributed by atoms with E-state index < -0.39 is 31.7 Å². The Bertz CT molecular complexity index is 381. The minimum Gasteiger partial charge on any atom is -0.726 e. The van der Waals surface area contributed by atoms with Crippen molar-refractivity contribution in [3.8, 4) is 0 Å². The molecule has 0 aromatic carbocycles. The Labute approximate surface area is 137 Å². The molecule has 0 aromatic rings. The Hall–Kier alpha value is 1.05. The summed E-state index contributed by atoms with van der Waals surface area (Å²) >= 11 is 0. The summed E-state index contributed by atoms with van der Waals surface area (Å²) in [5, 5.41) is 8.73. The number of rotatable bonds is 10. The summed E-state index contributed by atoms with van der Waals surface area (Å²) < 4.78 is 67.4. The molecule has 19 heavy (non-hydrogen) atoms. The molecule has 0 aliphatic heterocycles. The summed E-state index contributed by atoms with van der Waals surface area (Å²) in [6.07, 6.45) is 0. The third-order valence-corrected chi connectivity index (χ3v) is 4.75. The zero-order valence-electron chi connectivity index (χ0n) is 10.2. The average molecular weight is 349 g/mol. The van der Waals surface area contributed by atoms with Crippen LogP contribution >= 0.6 is 0 Å². The van der Waals surface area contributed by atoms with Crippen molar-refractivity contribution in [3.05, 3.63) is 0 Å². The van der Waals surface area contributed by atoms with Crippen molar-refractivity contribution in [1.82, 2.24) is 0 Å². The molecule has 0 saturated heterocycles. The van der Waals surface area contributed by atoms with Crippen LogP contribution in [0.3, 0.4) is 0 Å². The van der Waals surface area contributed by atoms with Crippen LogP contribution in [-0.2, 0) is 40.1 Å². The van der Waals surface area contributed by atoms with Gasteiger partial charge in [0.25, 0.3) is 0 Å². The van der Waals surface area contributed by atoms with Crippen LogP contribution in [-0.4, -0.2) is 68.1 Å². The zero-order valence-corrected chi connectivity index (χ0v) is 14.7. The molecule has 9 nitrogen and oxygen atoms in total. The van der Waals surface area contributed by atoms with E-state index in [0.717, 1.165) is 0 Å². The molecule has 110 valence electrons. The van der Waals surface area contributed by atoms with Gasteiger partial charge in [-0.2, -0.15) is 8.42 Å². The van der Waals surface area contributed by atoms with Gasteiger partial charge in [-0.25, -0.2) is 12.6 Å². The van der Waals surface area contributed by atoms with Crippen LogP contribution in [0.1, 0.15) is 0 Å². The molecule has 0 aromatic heterocycles. The maximum absolute atomic E-state index is 10.3. The first-order chi connectivity index (χ1) is 8.14. The average Bonchev–Trinajstić information content (AvgIpc) is 2.13. The molecule has 0 bridgehead atoms. The second-order valence-electron chi connectivity index (χ2n) is 2.93. The van der Waals surface area contributed by atoms with Gasteiger partial charge in [-0.15, -0.1) is 0 Å². The second-order valence-corrected chi connectivity index (χ2v) is 7.52. The Balaban J connectivity index is 0. The molecule has 0 heterocycles. The molecule has 0 saturated carbocycles. The fourth-order valence-electron chi connectivity index (χ4n) is 0.946. The number of aliphatic hydroxyl groups excluding tert-OH is 1. The van der Waals surface area contributed by atoms with Crippen LogP contribution in [0, 0.1) is 0 Å². The van der Waals surface area contributed by atoms with Crippen LogP contribution < -0.4 is 29.6 Å². The minimum absolute atomic E-state index is 0. The van der Waals surface area contributed by atoms with Crippen molar-refractivity contribution in [2.24, 2.45) is 0 Å². The van der Waals surface area contributed by atoms with E-state index in [1.807, 2.05) is 0 Å². The van der Waals surface area contributed by atoms with Crippen LogP contribution in [0.2, 0.25) is 0 Å². The van der Waals surface area contributed by atoms with Gasteiger partial charge in [-0.3, -0.25) is 8.74 Å². The van der Waals surface area contributed by atoms with E-state index >= 15 is 0 Å². The molecule has 1 unspecified atom stereocenters. The van der Waals surface area contributed by atoms with Crippen molar-refractivity contribution < 1.29 is 69.0 Å².